The first-order valence-corrected chi connectivity index (χ1v) is 42.1. The number of methoxy groups -OCH3 is 2. The number of ether oxygens (including phenoxy) is 2. The van der Waals surface area contributed by atoms with Crippen molar-refractivity contribution < 1.29 is 31.4 Å². The van der Waals surface area contributed by atoms with Gasteiger partial charge in [-0.05, 0) is 181 Å². The molecule has 0 aliphatic carbocycles. The fraction of sp³-hybridized carbons (Fsp3) is 0.100. The first kappa shape index (κ1) is 86.6. The summed E-state index contributed by atoms with van der Waals surface area (Å²) in [5.74, 6) is -5.68. The lowest BCUT2D eigenvalue weighted by Gasteiger charge is -2.25. The Morgan fingerprint density at radius 3 is 0.810 bits per heavy atom. The number of thiol groups is 1. The molecule has 0 atom stereocenters. The third-order valence-electron chi connectivity index (χ3n) is 18.7. The number of imidazole rings is 2. The minimum Gasteiger partial charge on any atom is -0.497 e. The van der Waals surface area contributed by atoms with Gasteiger partial charge in [0.2, 0.25) is 5.82 Å². The molecular formula is C100H93F5N5O2P3S. The summed E-state index contributed by atoms with van der Waals surface area (Å²) in [7, 11) is 4.50. The Bertz CT molecular complexity index is 5140. The maximum absolute atomic E-state index is 14.3. The Morgan fingerprint density at radius 1 is 0.293 bits per heavy atom. The number of aromatic nitrogens is 4. The van der Waals surface area contributed by atoms with Crippen LogP contribution in [-0.4, -0.2) is 33.3 Å². The van der Waals surface area contributed by atoms with Crippen LogP contribution in [0.3, 0.4) is 0 Å². The van der Waals surface area contributed by atoms with E-state index in [-0.39, 0.29) is 0 Å². The van der Waals surface area contributed by atoms with Crippen molar-refractivity contribution >= 4 is 101 Å². The standard InChI is InChI=1S/C21H21O2P.C18H10F5P.C18H15N.C18H15P.C12H14N2.C7H12N2.C6H6S/c1-16-4-10-19(11-5-16)24(20-12-6-17(22-2)7-13-20)21-14-8-18(23-3)9-15-21;19-13-14(20)16(22)18(17(23)15(13)21)24(11-7-3-1-4-8-11)12-9-5-2-6-10-12;2*1-4-10-16(11-5-1)19(17-12-6-2-7-13-17)18-14-8-3-9-15-18;1-9-10(2)14(3)12(13-9)11-7-5-4-6-8-11;1-5-6(2)9(4)7(3)8-5;7-6-4-2-1-3-5-6/h4-15H,1-3H3;1-10H;2*1-15H;4-8H,1-3H3;1-4H3;1-5,7H. The molecule has 16 rings (SSSR count). The lowest BCUT2D eigenvalue weighted by molar-refractivity contribution is 0.384. The van der Waals surface area contributed by atoms with Crippen LogP contribution in [0.4, 0.5) is 39.0 Å². The zero-order chi connectivity index (χ0) is 82.3. The number of hydrogen-bond donors (Lipinski definition) is 1. The summed E-state index contributed by atoms with van der Waals surface area (Å²) < 4.78 is 84.1. The summed E-state index contributed by atoms with van der Waals surface area (Å²) in [5.41, 5.74) is 10.7. The maximum Gasteiger partial charge on any atom is 0.200 e. The van der Waals surface area contributed by atoms with Gasteiger partial charge in [-0.2, -0.15) is 0 Å². The number of rotatable bonds is 15. The van der Waals surface area contributed by atoms with Gasteiger partial charge in [0.1, 0.15) is 23.1 Å². The number of aryl methyl sites for hydroxylation is 4. The largest absolute Gasteiger partial charge is 0.497 e. The average molecular weight is 1620 g/mol. The highest BCUT2D eigenvalue weighted by Crippen LogP contribution is 2.39. The predicted molar refractivity (Wildman–Crippen MR) is 483 cm³/mol. The van der Waals surface area contributed by atoms with E-state index < -0.39 is 58.2 Å². The average Bonchev–Trinajstić information content (AvgIpc) is 1.03. The first-order valence-electron chi connectivity index (χ1n) is 37.6. The summed E-state index contributed by atoms with van der Waals surface area (Å²) in [6.07, 6.45) is 0. The van der Waals surface area contributed by atoms with Gasteiger partial charge in [0.15, 0.2) is 23.3 Å². The summed E-state index contributed by atoms with van der Waals surface area (Å²) in [6.45, 7) is 12.4. The van der Waals surface area contributed by atoms with Gasteiger partial charge in [-0.25, -0.2) is 31.9 Å². The monoisotopic (exact) mass is 1620 g/mol. The lowest BCUT2D eigenvalue weighted by Crippen LogP contribution is -2.28. The van der Waals surface area contributed by atoms with E-state index >= 15 is 0 Å². The number of halogens is 5. The van der Waals surface area contributed by atoms with Crippen molar-refractivity contribution in [3.8, 4) is 22.9 Å². The van der Waals surface area contributed by atoms with Crippen molar-refractivity contribution in [1.29, 1.82) is 0 Å². The summed E-state index contributed by atoms with van der Waals surface area (Å²) in [4.78, 5) is 12.1. The molecule has 2 heterocycles. The summed E-state index contributed by atoms with van der Waals surface area (Å²) in [6, 6.07) is 126. The number of benzene rings is 14. The number of hydrogen-bond acceptors (Lipinski definition) is 6. The van der Waals surface area contributed by atoms with Crippen LogP contribution in [-0.2, 0) is 14.1 Å². The second kappa shape index (κ2) is 44.2. The van der Waals surface area contributed by atoms with Crippen molar-refractivity contribution in [3.63, 3.8) is 0 Å². The van der Waals surface area contributed by atoms with Crippen molar-refractivity contribution in [2.24, 2.45) is 14.1 Å². The Balaban J connectivity index is 0.000000147. The third kappa shape index (κ3) is 23.7. The Kier molecular flexibility index (Phi) is 33.0. The van der Waals surface area contributed by atoms with E-state index in [2.05, 4.69) is 289 Å². The summed E-state index contributed by atoms with van der Waals surface area (Å²) >= 11 is 4.08. The van der Waals surface area contributed by atoms with Gasteiger partial charge >= 0.3 is 0 Å². The molecule has 2 aromatic heterocycles. The van der Waals surface area contributed by atoms with E-state index in [4.69, 9.17) is 9.47 Å². The van der Waals surface area contributed by atoms with Gasteiger partial charge in [-0.3, -0.25) is 0 Å². The van der Waals surface area contributed by atoms with Gasteiger partial charge in [0.05, 0.1) is 30.9 Å². The molecule has 0 saturated heterocycles. The molecule has 7 nitrogen and oxygen atoms in total. The maximum atomic E-state index is 14.3. The SMILES string of the molecule is COc1ccc(P(c2ccc(C)cc2)c2ccc(OC)cc2)cc1.Cc1nc(-c2ccccc2)n(C)c1C.Cc1nc(C)n(C)c1C.Fc1c(F)c(F)c(P(c2ccccc2)c2ccccc2)c(F)c1F.Sc1ccccc1.c1ccc(N(c2ccccc2)c2ccccc2)cc1.c1ccc(P(c2ccccc2)c2ccccc2)cc1. The molecule has 0 fully saturated rings. The molecule has 116 heavy (non-hydrogen) atoms. The fourth-order valence-electron chi connectivity index (χ4n) is 12.2. The highest BCUT2D eigenvalue weighted by atomic mass is 32.1. The van der Waals surface area contributed by atoms with E-state index in [9.17, 15) is 22.0 Å². The molecule has 0 radical (unpaired) electrons. The van der Waals surface area contributed by atoms with Crippen LogP contribution in [0, 0.1) is 70.6 Å². The smallest absolute Gasteiger partial charge is 0.200 e. The minimum absolute atomic E-state index is 0.446. The van der Waals surface area contributed by atoms with Crippen LogP contribution in [0.25, 0.3) is 11.4 Å². The number of anilines is 3. The molecule has 0 spiro atoms. The van der Waals surface area contributed by atoms with Gasteiger partial charge in [0.25, 0.3) is 0 Å². The minimum atomic E-state index is -2.15. The van der Waals surface area contributed by atoms with E-state index in [0.29, 0.717) is 10.6 Å². The molecule has 16 aromatic rings. The predicted octanol–water partition coefficient (Wildman–Crippen LogP) is 22.5. The zero-order valence-corrected chi connectivity index (χ0v) is 70.1. The molecular weight excluding hydrogens is 1520 g/mol. The molecule has 0 aliphatic rings. The molecule has 0 saturated carbocycles. The quantitative estimate of drug-likeness (QED) is 0.0364. The fourth-order valence-corrected chi connectivity index (χ4v) is 19.2. The van der Waals surface area contributed by atoms with Crippen molar-refractivity contribution in [1.82, 2.24) is 19.1 Å². The van der Waals surface area contributed by atoms with Crippen molar-refractivity contribution in [3.05, 3.63) is 439 Å². The van der Waals surface area contributed by atoms with Crippen LogP contribution in [0.15, 0.2) is 381 Å². The molecule has 0 amide bonds. The van der Waals surface area contributed by atoms with E-state index in [1.807, 2.05) is 119 Å². The molecule has 0 aliphatic heterocycles. The van der Waals surface area contributed by atoms with Crippen molar-refractivity contribution in [2.75, 3.05) is 19.1 Å². The van der Waals surface area contributed by atoms with Gasteiger partial charge in [0, 0.05) is 53.0 Å². The van der Waals surface area contributed by atoms with Crippen molar-refractivity contribution in [2.45, 2.75) is 46.4 Å². The molecule has 16 heteroatoms. The van der Waals surface area contributed by atoms with Crippen LogP contribution in [0.1, 0.15) is 34.2 Å². The van der Waals surface area contributed by atoms with E-state index in [1.165, 1.54) is 71.4 Å². The Hall–Kier alpha value is -11.8. The van der Waals surface area contributed by atoms with Gasteiger partial charge < -0.3 is 23.5 Å². The highest BCUT2D eigenvalue weighted by molar-refractivity contribution is 7.81. The number of nitrogens with zero attached hydrogens (tertiary/aromatic N) is 5. The van der Waals surface area contributed by atoms with Crippen LogP contribution >= 0.6 is 36.4 Å². The van der Waals surface area contributed by atoms with Crippen LogP contribution in [0.5, 0.6) is 11.5 Å². The topological polar surface area (TPSA) is 57.3 Å². The highest BCUT2D eigenvalue weighted by Gasteiger charge is 2.32. The number of para-hydroxylation sites is 3. The molecule has 0 N–H and O–H groups in total. The Labute approximate surface area is 689 Å². The normalized spacial score (nSPS) is 10.5. The molecule has 14 aromatic carbocycles. The van der Waals surface area contributed by atoms with Crippen LogP contribution in [0.2, 0.25) is 0 Å². The summed E-state index contributed by atoms with van der Waals surface area (Å²) in [5, 5.41) is 8.33. The van der Waals surface area contributed by atoms with Gasteiger partial charge in [-0.15, -0.1) is 12.6 Å². The first-order chi connectivity index (χ1) is 56.3. The second-order valence-electron chi connectivity index (χ2n) is 26.4. The molecule has 586 valence electrons. The van der Waals surface area contributed by atoms with Crippen LogP contribution < -0.4 is 62.1 Å². The zero-order valence-electron chi connectivity index (χ0n) is 66.5. The van der Waals surface area contributed by atoms with E-state index in [1.54, 1.807) is 74.9 Å². The lowest BCUT2D eigenvalue weighted by atomic mass is 10.2. The molecule has 0 unspecified atom stereocenters. The third-order valence-corrected chi connectivity index (χ3v) is 26.4. The molecule has 0 bridgehead atoms. The van der Waals surface area contributed by atoms with E-state index in [0.717, 1.165) is 39.4 Å². The van der Waals surface area contributed by atoms with Gasteiger partial charge in [-0.1, -0.05) is 309 Å². The second-order valence-corrected chi connectivity index (χ2v) is 33.5. The Morgan fingerprint density at radius 2 is 0.552 bits per heavy atom.